The van der Waals surface area contributed by atoms with Crippen LogP contribution in [0, 0.1) is 0 Å². The van der Waals surface area contributed by atoms with Crippen LogP contribution in [-0.4, -0.2) is 21.6 Å². The number of amides is 2. The van der Waals surface area contributed by atoms with Crippen molar-refractivity contribution in [2.75, 3.05) is 0 Å². The molecule has 4 nitrogen and oxygen atoms in total. The maximum Gasteiger partial charge on any atom is 0.261 e. The third-order valence-corrected chi connectivity index (χ3v) is 8.09. The standard InChI is InChI=1S/C30H32N2O2/c1-15-21-13-17(29(3,4)5)9-11-19(21)25-23-24(27(33)31(15)25)26-20-12-10-18(30(6,7)8)14-22(20)16(2)32(26)28(23)34/h9-16H,1-8H3. The summed E-state index contributed by atoms with van der Waals surface area (Å²) in [7, 11) is 0. The van der Waals surface area contributed by atoms with Crippen LogP contribution < -0.4 is 0 Å². The van der Waals surface area contributed by atoms with Crippen LogP contribution in [-0.2, 0) is 20.4 Å². The molecule has 0 bridgehead atoms. The van der Waals surface area contributed by atoms with Crippen molar-refractivity contribution in [2.45, 2.75) is 78.3 Å². The summed E-state index contributed by atoms with van der Waals surface area (Å²) in [6.45, 7) is 17.3. The fourth-order valence-electron chi connectivity index (χ4n) is 6.07. The molecule has 174 valence electrons. The van der Waals surface area contributed by atoms with Gasteiger partial charge in [-0.2, -0.15) is 0 Å². The molecule has 4 heteroatoms. The first-order chi connectivity index (χ1) is 15.8. The average Bonchev–Trinajstić information content (AvgIpc) is 3.41. The summed E-state index contributed by atoms with van der Waals surface area (Å²) >= 11 is 0. The van der Waals surface area contributed by atoms with Gasteiger partial charge in [0.1, 0.15) is 0 Å². The summed E-state index contributed by atoms with van der Waals surface area (Å²) in [6, 6.07) is 12.8. The number of benzene rings is 2. The Labute approximate surface area is 201 Å². The molecule has 2 amide bonds. The highest BCUT2D eigenvalue weighted by Gasteiger charge is 2.56. The van der Waals surface area contributed by atoms with Gasteiger partial charge in [-0.1, -0.05) is 77.9 Å². The highest BCUT2D eigenvalue weighted by Crippen LogP contribution is 2.58. The van der Waals surface area contributed by atoms with E-state index < -0.39 is 0 Å². The van der Waals surface area contributed by atoms with E-state index in [4.69, 9.17) is 0 Å². The molecular formula is C30H32N2O2. The molecule has 4 aliphatic rings. The fraction of sp³-hybridized carbons (Fsp3) is 0.400. The highest BCUT2D eigenvalue weighted by molar-refractivity contribution is 6.31. The maximum atomic E-state index is 13.9. The molecule has 0 saturated heterocycles. The Kier molecular flexibility index (Phi) is 3.96. The summed E-state index contributed by atoms with van der Waals surface area (Å²) in [5, 5.41) is 0. The second kappa shape index (κ2) is 6.29. The molecule has 0 radical (unpaired) electrons. The molecule has 2 unspecified atom stereocenters. The predicted molar refractivity (Wildman–Crippen MR) is 135 cm³/mol. The van der Waals surface area contributed by atoms with E-state index in [1.54, 1.807) is 0 Å². The van der Waals surface area contributed by atoms with Gasteiger partial charge in [-0.3, -0.25) is 19.4 Å². The number of hydrogen-bond acceptors (Lipinski definition) is 2. The van der Waals surface area contributed by atoms with E-state index >= 15 is 0 Å². The second-order valence-electron chi connectivity index (χ2n) is 12.3. The van der Waals surface area contributed by atoms with Gasteiger partial charge in [0.05, 0.1) is 34.6 Å². The lowest BCUT2D eigenvalue weighted by Gasteiger charge is -2.23. The van der Waals surface area contributed by atoms with Gasteiger partial charge >= 0.3 is 0 Å². The van der Waals surface area contributed by atoms with E-state index in [-0.39, 0.29) is 34.7 Å². The molecule has 0 aliphatic carbocycles. The minimum Gasteiger partial charge on any atom is -0.300 e. The van der Waals surface area contributed by atoms with E-state index in [2.05, 4.69) is 91.8 Å². The van der Waals surface area contributed by atoms with E-state index in [1.165, 1.54) is 11.1 Å². The van der Waals surface area contributed by atoms with Gasteiger partial charge in [-0.05, 0) is 46.9 Å². The number of rotatable bonds is 0. The topological polar surface area (TPSA) is 40.6 Å². The van der Waals surface area contributed by atoms with Crippen molar-refractivity contribution in [3.8, 4) is 0 Å². The summed E-state index contributed by atoms with van der Waals surface area (Å²) < 4.78 is 0. The van der Waals surface area contributed by atoms with Gasteiger partial charge < -0.3 is 0 Å². The third-order valence-electron chi connectivity index (χ3n) is 8.09. The van der Waals surface area contributed by atoms with Crippen LogP contribution in [0.1, 0.15) is 101 Å². The van der Waals surface area contributed by atoms with Gasteiger partial charge in [0, 0.05) is 11.1 Å². The average molecular weight is 453 g/mol. The van der Waals surface area contributed by atoms with Crippen molar-refractivity contribution < 1.29 is 9.59 Å². The summed E-state index contributed by atoms with van der Waals surface area (Å²) in [5.74, 6) is -0.0892. The summed E-state index contributed by atoms with van der Waals surface area (Å²) in [5.41, 5.74) is 9.61. The van der Waals surface area contributed by atoms with Crippen molar-refractivity contribution in [3.05, 3.63) is 80.9 Å². The zero-order valence-electron chi connectivity index (χ0n) is 21.3. The number of carbonyl (C=O) groups excluding carboxylic acids is 2. The fourth-order valence-corrected chi connectivity index (χ4v) is 6.07. The van der Waals surface area contributed by atoms with E-state index in [0.29, 0.717) is 11.1 Å². The van der Waals surface area contributed by atoms with Crippen LogP contribution in [0.3, 0.4) is 0 Å². The molecule has 4 heterocycles. The zero-order valence-corrected chi connectivity index (χ0v) is 21.3. The largest absolute Gasteiger partial charge is 0.300 e. The maximum absolute atomic E-state index is 13.9. The van der Waals surface area contributed by atoms with Crippen molar-refractivity contribution in [2.24, 2.45) is 0 Å². The van der Waals surface area contributed by atoms with Gasteiger partial charge in [-0.15, -0.1) is 0 Å². The molecule has 2 atom stereocenters. The van der Waals surface area contributed by atoms with Gasteiger partial charge in [0.15, 0.2) is 0 Å². The number of carbonyl (C=O) groups is 2. The molecule has 0 saturated carbocycles. The first-order valence-electron chi connectivity index (χ1n) is 12.3. The van der Waals surface area contributed by atoms with Crippen molar-refractivity contribution in [1.82, 2.24) is 9.80 Å². The second-order valence-corrected chi connectivity index (χ2v) is 12.3. The molecule has 0 aromatic heterocycles. The predicted octanol–water partition coefficient (Wildman–Crippen LogP) is 6.24. The lowest BCUT2D eigenvalue weighted by Crippen LogP contribution is -2.27. The lowest BCUT2D eigenvalue weighted by molar-refractivity contribution is -0.125. The molecule has 0 N–H and O–H groups in total. The van der Waals surface area contributed by atoms with Crippen LogP contribution in [0.5, 0.6) is 0 Å². The molecule has 4 aliphatic heterocycles. The van der Waals surface area contributed by atoms with Crippen molar-refractivity contribution in [1.29, 1.82) is 0 Å². The molecule has 0 fully saturated rings. The number of nitrogens with zero attached hydrogens (tertiary/aromatic N) is 2. The zero-order chi connectivity index (χ0) is 24.5. The summed E-state index contributed by atoms with van der Waals surface area (Å²) in [6.07, 6.45) is 0. The first kappa shape index (κ1) is 21.4. The van der Waals surface area contributed by atoms with Gasteiger partial charge in [0.2, 0.25) is 0 Å². The summed E-state index contributed by atoms with van der Waals surface area (Å²) in [4.78, 5) is 31.5. The van der Waals surface area contributed by atoms with Crippen molar-refractivity contribution >= 4 is 23.2 Å². The minimum atomic E-state index is -0.0891. The molecule has 2 aromatic carbocycles. The van der Waals surface area contributed by atoms with Crippen molar-refractivity contribution in [3.63, 3.8) is 0 Å². The number of hydrogen-bond donors (Lipinski definition) is 0. The molecule has 2 aromatic rings. The third kappa shape index (κ3) is 2.49. The Morgan fingerprint density at radius 3 is 1.29 bits per heavy atom. The molecule has 34 heavy (non-hydrogen) atoms. The van der Waals surface area contributed by atoms with E-state index in [1.807, 2.05) is 9.80 Å². The quantitative estimate of drug-likeness (QED) is 0.475. The normalized spacial score (nSPS) is 23.1. The van der Waals surface area contributed by atoms with Crippen LogP contribution in [0.4, 0.5) is 0 Å². The highest BCUT2D eigenvalue weighted by atomic mass is 16.2. The monoisotopic (exact) mass is 452 g/mol. The Morgan fingerprint density at radius 2 is 0.971 bits per heavy atom. The Bertz CT molecular complexity index is 1290. The Balaban J connectivity index is 1.58. The number of fused-ring (bicyclic) bond motifs is 7. The first-order valence-corrected chi connectivity index (χ1v) is 12.3. The van der Waals surface area contributed by atoms with Gasteiger partial charge in [0.25, 0.3) is 11.8 Å². The Morgan fingerprint density at radius 1 is 0.618 bits per heavy atom. The lowest BCUT2D eigenvalue weighted by atomic mass is 9.84. The van der Waals surface area contributed by atoms with Gasteiger partial charge in [-0.25, -0.2) is 0 Å². The molecule has 6 rings (SSSR count). The van der Waals surface area contributed by atoms with E-state index in [0.717, 1.165) is 33.6 Å². The molecule has 0 spiro atoms. The van der Waals surface area contributed by atoms with Crippen LogP contribution in [0.15, 0.2) is 47.5 Å². The SMILES string of the molecule is CC1c2cc(C(C)(C)C)ccc2C2=C3C(=O)N4C(=C3C(=O)N21)c1ccc(C(C)(C)C)cc1C4C. The Hall–Kier alpha value is -3.14. The van der Waals surface area contributed by atoms with Crippen LogP contribution >= 0.6 is 0 Å². The minimum absolute atomic E-state index is 0.0215. The van der Waals surface area contributed by atoms with Crippen LogP contribution in [0.25, 0.3) is 11.4 Å². The smallest absolute Gasteiger partial charge is 0.261 e. The molecular weight excluding hydrogens is 420 g/mol. The van der Waals surface area contributed by atoms with Crippen LogP contribution in [0.2, 0.25) is 0 Å². The van der Waals surface area contributed by atoms with E-state index in [9.17, 15) is 9.59 Å².